The van der Waals surface area contributed by atoms with Crippen LogP contribution in [0.25, 0.3) is 0 Å². The fraction of sp³-hybridized carbons (Fsp3) is 0.333. The molecule has 0 unspecified atom stereocenters. The first kappa shape index (κ1) is 13.3. The fourth-order valence-corrected chi connectivity index (χ4v) is 2.70. The highest BCUT2D eigenvalue weighted by atomic mass is 35.5. The molecular formula is C12H14ClN3OS. The fourth-order valence-electron chi connectivity index (χ4n) is 1.56. The van der Waals surface area contributed by atoms with Crippen LogP contribution in [0.3, 0.4) is 0 Å². The van der Waals surface area contributed by atoms with E-state index in [0.29, 0.717) is 5.95 Å². The summed E-state index contributed by atoms with van der Waals surface area (Å²) in [5.41, 5.74) is 1.56. The van der Waals surface area contributed by atoms with Crippen molar-refractivity contribution < 1.29 is 5.11 Å². The van der Waals surface area contributed by atoms with E-state index < -0.39 is 0 Å². The maximum Gasteiger partial charge on any atom is 0.225 e. The van der Waals surface area contributed by atoms with Crippen LogP contribution in [0.4, 0.5) is 5.95 Å². The summed E-state index contributed by atoms with van der Waals surface area (Å²) < 4.78 is 0.783. The van der Waals surface area contributed by atoms with Gasteiger partial charge in [-0.1, -0.05) is 11.6 Å². The Morgan fingerprint density at radius 1 is 1.44 bits per heavy atom. The lowest BCUT2D eigenvalue weighted by Gasteiger charge is -2.16. The third-order valence-corrected chi connectivity index (χ3v) is 3.82. The van der Waals surface area contributed by atoms with Gasteiger partial charge in [0, 0.05) is 29.4 Å². The largest absolute Gasteiger partial charge is 0.392 e. The van der Waals surface area contributed by atoms with Crippen molar-refractivity contribution >= 4 is 28.9 Å². The lowest BCUT2D eigenvalue weighted by molar-refractivity contribution is 0.280. The number of hydrogen-bond acceptors (Lipinski definition) is 5. The van der Waals surface area contributed by atoms with E-state index in [4.69, 9.17) is 16.7 Å². The van der Waals surface area contributed by atoms with Gasteiger partial charge in [-0.2, -0.15) is 0 Å². The predicted octanol–water partition coefficient (Wildman–Crippen LogP) is 2.63. The molecule has 18 heavy (non-hydrogen) atoms. The van der Waals surface area contributed by atoms with Crippen LogP contribution >= 0.6 is 22.9 Å². The topological polar surface area (TPSA) is 49.2 Å². The summed E-state index contributed by atoms with van der Waals surface area (Å²) in [4.78, 5) is 11.7. The molecule has 0 saturated carbocycles. The smallest absolute Gasteiger partial charge is 0.225 e. The van der Waals surface area contributed by atoms with Gasteiger partial charge in [-0.3, -0.25) is 0 Å². The van der Waals surface area contributed by atoms with Gasteiger partial charge in [0.05, 0.1) is 17.5 Å². The van der Waals surface area contributed by atoms with Crippen molar-refractivity contribution in [3.05, 3.63) is 38.8 Å². The maximum atomic E-state index is 9.08. The molecule has 0 amide bonds. The summed E-state index contributed by atoms with van der Waals surface area (Å²) in [6.07, 6.45) is 1.66. The van der Waals surface area contributed by atoms with Gasteiger partial charge in [0.2, 0.25) is 5.95 Å². The molecule has 0 bridgehead atoms. The molecule has 0 spiro atoms. The number of thiophene rings is 1. The van der Waals surface area contributed by atoms with Gasteiger partial charge < -0.3 is 10.0 Å². The number of aliphatic hydroxyl groups is 1. The van der Waals surface area contributed by atoms with Crippen LogP contribution in [0.2, 0.25) is 4.34 Å². The Kier molecular flexibility index (Phi) is 4.16. The second kappa shape index (κ2) is 5.65. The average Bonchev–Trinajstić information content (AvgIpc) is 2.74. The van der Waals surface area contributed by atoms with Gasteiger partial charge in [-0.05, 0) is 19.1 Å². The van der Waals surface area contributed by atoms with Crippen molar-refractivity contribution in [2.45, 2.75) is 20.1 Å². The number of aliphatic hydroxyl groups excluding tert-OH is 1. The Hall–Kier alpha value is -1.17. The van der Waals surface area contributed by atoms with E-state index in [2.05, 4.69) is 9.97 Å². The minimum Gasteiger partial charge on any atom is -0.392 e. The summed E-state index contributed by atoms with van der Waals surface area (Å²) in [5.74, 6) is 0.647. The van der Waals surface area contributed by atoms with E-state index >= 15 is 0 Å². The third-order valence-electron chi connectivity index (χ3n) is 2.60. The Bertz CT molecular complexity index is 544. The standard InChI is InChI=1S/C12H14ClN3OS/c1-8-9(7-17)5-14-12(15-8)16(2)6-10-3-4-11(13)18-10/h3-5,17H,6-7H2,1-2H3. The van der Waals surface area contributed by atoms with Gasteiger partial charge in [0.1, 0.15) is 0 Å². The molecule has 0 aliphatic rings. The second-order valence-electron chi connectivity index (χ2n) is 4.00. The first-order valence-corrected chi connectivity index (χ1v) is 6.68. The Labute approximate surface area is 115 Å². The van der Waals surface area contributed by atoms with Gasteiger partial charge >= 0.3 is 0 Å². The average molecular weight is 284 g/mol. The van der Waals surface area contributed by atoms with E-state index in [0.717, 1.165) is 27.0 Å². The molecule has 0 aliphatic heterocycles. The van der Waals surface area contributed by atoms with Crippen LogP contribution in [0.15, 0.2) is 18.3 Å². The maximum absolute atomic E-state index is 9.08. The molecule has 4 nitrogen and oxygen atoms in total. The zero-order valence-electron chi connectivity index (χ0n) is 10.2. The molecule has 0 aromatic carbocycles. The normalized spacial score (nSPS) is 10.7. The van der Waals surface area contributed by atoms with Gasteiger partial charge in [0.15, 0.2) is 0 Å². The molecule has 0 saturated heterocycles. The van der Waals surface area contributed by atoms with Crippen LogP contribution in [-0.2, 0) is 13.2 Å². The monoisotopic (exact) mass is 283 g/mol. The molecule has 96 valence electrons. The molecule has 2 heterocycles. The highest BCUT2D eigenvalue weighted by Crippen LogP contribution is 2.23. The van der Waals surface area contributed by atoms with E-state index in [1.807, 2.05) is 31.0 Å². The SMILES string of the molecule is Cc1nc(N(C)Cc2ccc(Cl)s2)ncc1CO. The number of halogens is 1. The number of hydrogen-bond donors (Lipinski definition) is 1. The second-order valence-corrected chi connectivity index (χ2v) is 5.80. The van der Waals surface area contributed by atoms with Crippen LogP contribution in [0.5, 0.6) is 0 Å². The number of rotatable bonds is 4. The third kappa shape index (κ3) is 2.98. The molecule has 0 aliphatic carbocycles. The number of nitrogens with zero attached hydrogens (tertiary/aromatic N) is 3. The summed E-state index contributed by atoms with van der Waals surface area (Å²) in [6, 6.07) is 3.88. The van der Waals surface area contributed by atoms with Crippen molar-refractivity contribution in [2.75, 3.05) is 11.9 Å². The highest BCUT2D eigenvalue weighted by molar-refractivity contribution is 7.16. The van der Waals surface area contributed by atoms with E-state index in [1.165, 1.54) is 0 Å². The minimum absolute atomic E-state index is 0.0314. The van der Waals surface area contributed by atoms with Crippen molar-refractivity contribution in [2.24, 2.45) is 0 Å². The Morgan fingerprint density at radius 2 is 2.22 bits per heavy atom. The van der Waals surface area contributed by atoms with Crippen LogP contribution < -0.4 is 4.90 Å². The first-order chi connectivity index (χ1) is 8.60. The van der Waals surface area contributed by atoms with Crippen LogP contribution in [0, 0.1) is 6.92 Å². The van der Waals surface area contributed by atoms with E-state index in [1.54, 1.807) is 17.5 Å². The molecule has 0 radical (unpaired) electrons. The van der Waals surface area contributed by atoms with Crippen LogP contribution in [-0.4, -0.2) is 22.1 Å². The van der Waals surface area contributed by atoms with Gasteiger partial charge in [-0.15, -0.1) is 11.3 Å². The lowest BCUT2D eigenvalue weighted by atomic mass is 10.2. The van der Waals surface area contributed by atoms with E-state index in [9.17, 15) is 0 Å². The van der Waals surface area contributed by atoms with Crippen molar-refractivity contribution in [1.82, 2.24) is 9.97 Å². The Balaban J connectivity index is 2.13. The quantitative estimate of drug-likeness (QED) is 0.937. The van der Waals surface area contributed by atoms with Gasteiger partial charge in [-0.25, -0.2) is 9.97 Å². The van der Waals surface area contributed by atoms with Crippen molar-refractivity contribution in [3.8, 4) is 0 Å². The number of anilines is 1. The van der Waals surface area contributed by atoms with Gasteiger partial charge in [0.25, 0.3) is 0 Å². The first-order valence-electron chi connectivity index (χ1n) is 5.49. The van der Waals surface area contributed by atoms with Crippen LogP contribution in [0.1, 0.15) is 16.1 Å². The van der Waals surface area contributed by atoms with E-state index in [-0.39, 0.29) is 6.61 Å². The zero-order chi connectivity index (χ0) is 13.1. The molecule has 6 heteroatoms. The molecular weight excluding hydrogens is 270 g/mol. The molecule has 2 rings (SSSR count). The molecule has 2 aromatic heterocycles. The summed E-state index contributed by atoms with van der Waals surface area (Å²) in [5, 5.41) is 9.08. The Morgan fingerprint density at radius 3 is 2.78 bits per heavy atom. The van der Waals surface area contributed by atoms with Crippen molar-refractivity contribution in [1.29, 1.82) is 0 Å². The molecule has 2 aromatic rings. The summed E-state index contributed by atoms with van der Waals surface area (Å²) in [7, 11) is 1.93. The lowest BCUT2D eigenvalue weighted by Crippen LogP contribution is -2.19. The molecule has 0 atom stereocenters. The molecule has 0 fully saturated rings. The molecule has 1 N–H and O–H groups in total. The number of aryl methyl sites for hydroxylation is 1. The minimum atomic E-state index is -0.0314. The zero-order valence-corrected chi connectivity index (χ0v) is 11.8. The summed E-state index contributed by atoms with van der Waals surface area (Å²) in [6.45, 7) is 2.55. The number of aromatic nitrogens is 2. The highest BCUT2D eigenvalue weighted by Gasteiger charge is 2.09. The van der Waals surface area contributed by atoms with Crippen molar-refractivity contribution in [3.63, 3.8) is 0 Å². The predicted molar refractivity (Wildman–Crippen MR) is 74.1 cm³/mol. The summed E-state index contributed by atoms with van der Waals surface area (Å²) >= 11 is 7.45.